The van der Waals surface area contributed by atoms with Gasteiger partial charge in [0.1, 0.15) is 0 Å². The lowest BCUT2D eigenvalue weighted by molar-refractivity contribution is -0.146. The van der Waals surface area contributed by atoms with E-state index in [4.69, 9.17) is 9.47 Å². The number of hydrogen-bond donors (Lipinski definition) is 0. The van der Waals surface area contributed by atoms with E-state index in [0.29, 0.717) is 13.0 Å². The van der Waals surface area contributed by atoms with E-state index in [1.165, 1.54) is 6.42 Å². The molecule has 0 saturated heterocycles. The fourth-order valence-corrected chi connectivity index (χ4v) is 2.78. The molecule has 3 atom stereocenters. The van der Waals surface area contributed by atoms with E-state index in [9.17, 15) is 4.79 Å². The van der Waals surface area contributed by atoms with Gasteiger partial charge in [-0.2, -0.15) is 0 Å². The molecule has 1 rings (SSSR count). The van der Waals surface area contributed by atoms with Crippen molar-refractivity contribution in [3.63, 3.8) is 0 Å². The third kappa shape index (κ3) is 6.42. The number of rotatable bonds is 10. The van der Waals surface area contributed by atoms with Crippen LogP contribution in [0.5, 0.6) is 0 Å². The van der Waals surface area contributed by atoms with Crippen LogP contribution in [-0.2, 0) is 14.3 Å². The number of esters is 1. The third-order valence-electron chi connectivity index (χ3n) is 3.99. The van der Waals surface area contributed by atoms with Crippen LogP contribution < -0.4 is 0 Å². The molecule has 1 fully saturated rings. The van der Waals surface area contributed by atoms with E-state index >= 15 is 0 Å². The largest absolute Gasteiger partial charge is 0.466 e. The van der Waals surface area contributed by atoms with Gasteiger partial charge in [-0.05, 0) is 43.9 Å². The van der Waals surface area contributed by atoms with Gasteiger partial charge in [-0.15, -0.1) is 0 Å². The summed E-state index contributed by atoms with van der Waals surface area (Å²) >= 11 is 0. The van der Waals surface area contributed by atoms with Gasteiger partial charge >= 0.3 is 5.97 Å². The molecule has 0 aromatic carbocycles. The molecule has 0 N–H and O–H groups in total. The monoisotopic (exact) mass is 270 g/mol. The van der Waals surface area contributed by atoms with E-state index in [2.05, 4.69) is 20.8 Å². The van der Waals surface area contributed by atoms with E-state index in [1.54, 1.807) is 0 Å². The standard InChI is InChI=1S/C16H30O3/c1-5-7-14(11-16(17)18-6-2)19-9-8-13-10-15(13)12(3)4/h12-15H,5-11H2,1-4H3. The van der Waals surface area contributed by atoms with Gasteiger partial charge in [0.2, 0.25) is 0 Å². The summed E-state index contributed by atoms with van der Waals surface area (Å²) in [6.07, 6.45) is 4.93. The number of ether oxygens (including phenoxy) is 2. The minimum Gasteiger partial charge on any atom is -0.466 e. The molecule has 0 aliphatic heterocycles. The van der Waals surface area contributed by atoms with E-state index in [0.717, 1.165) is 43.6 Å². The van der Waals surface area contributed by atoms with Crippen LogP contribution in [-0.4, -0.2) is 25.3 Å². The topological polar surface area (TPSA) is 35.5 Å². The van der Waals surface area contributed by atoms with Crippen LogP contribution in [0.1, 0.15) is 59.8 Å². The van der Waals surface area contributed by atoms with Crippen LogP contribution in [0.15, 0.2) is 0 Å². The molecule has 0 spiro atoms. The summed E-state index contributed by atoms with van der Waals surface area (Å²) in [6, 6.07) is 0. The lowest BCUT2D eigenvalue weighted by atomic mass is 10.1. The smallest absolute Gasteiger partial charge is 0.308 e. The molecule has 0 aromatic rings. The SMILES string of the molecule is CCCC(CC(=O)OCC)OCCC1CC1C(C)C. The normalized spacial score (nSPS) is 23.4. The average Bonchev–Trinajstić information content (AvgIpc) is 3.09. The maximum Gasteiger partial charge on any atom is 0.308 e. The Balaban J connectivity index is 2.17. The molecule has 0 bridgehead atoms. The Hall–Kier alpha value is -0.570. The maximum atomic E-state index is 11.5. The summed E-state index contributed by atoms with van der Waals surface area (Å²) < 4.78 is 10.9. The molecule has 0 aromatic heterocycles. The van der Waals surface area contributed by atoms with Crippen LogP contribution in [0.3, 0.4) is 0 Å². The van der Waals surface area contributed by atoms with Crippen molar-refractivity contribution in [1.82, 2.24) is 0 Å². The van der Waals surface area contributed by atoms with Crippen molar-refractivity contribution in [3.05, 3.63) is 0 Å². The zero-order valence-electron chi connectivity index (χ0n) is 13.0. The first-order valence-electron chi connectivity index (χ1n) is 7.85. The van der Waals surface area contributed by atoms with Gasteiger partial charge in [0, 0.05) is 6.61 Å². The number of carbonyl (C=O) groups excluding carboxylic acids is 1. The van der Waals surface area contributed by atoms with Crippen molar-refractivity contribution in [2.75, 3.05) is 13.2 Å². The molecular formula is C16H30O3. The van der Waals surface area contributed by atoms with Gasteiger partial charge < -0.3 is 9.47 Å². The van der Waals surface area contributed by atoms with E-state index < -0.39 is 0 Å². The quantitative estimate of drug-likeness (QED) is 0.566. The van der Waals surface area contributed by atoms with Crippen LogP contribution >= 0.6 is 0 Å². The minimum atomic E-state index is -0.132. The van der Waals surface area contributed by atoms with Crippen molar-refractivity contribution >= 4 is 5.97 Å². The summed E-state index contributed by atoms with van der Waals surface area (Å²) in [4.78, 5) is 11.5. The Morgan fingerprint density at radius 2 is 2.05 bits per heavy atom. The van der Waals surface area contributed by atoms with E-state index in [-0.39, 0.29) is 12.1 Å². The number of hydrogen-bond acceptors (Lipinski definition) is 3. The molecule has 0 amide bonds. The van der Waals surface area contributed by atoms with Gasteiger partial charge in [0.25, 0.3) is 0 Å². The Bertz CT molecular complexity index is 263. The first-order valence-corrected chi connectivity index (χ1v) is 7.85. The second kappa shape index (κ2) is 8.57. The summed E-state index contributed by atoms with van der Waals surface area (Å²) in [5.74, 6) is 2.42. The summed E-state index contributed by atoms with van der Waals surface area (Å²) in [6.45, 7) is 9.80. The number of carbonyl (C=O) groups is 1. The second-order valence-corrected chi connectivity index (χ2v) is 5.98. The molecule has 1 aliphatic rings. The van der Waals surface area contributed by atoms with Crippen LogP contribution in [0.4, 0.5) is 0 Å². The highest BCUT2D eigenvalue weighted by molar-refractivity contribution is 5.69. The lowest BCUT2D eigenvalue weighted by Gasteiger charge is -2.16. The van der Waals surface area contributed by atoms with Gasteiger partial charge in [-0.25, -0.2) is 0 Å². The molecule has 3 heteroatoms. The van der Waals surface area contributed by atoms with Crippen molar-refractivity contribution in [2.24, 2.45) is 17.8 Å². The molecule has 0 radical (unpaired) electrons. The highest BCUT2D eigenvalue weighted by Gasteiger charge is 2.38. The van der Waals surface area contributed by atoms with Crippen molar-refractivity contribution in [2.45, 2.75) is 65.9 Å². The molecule has 1 saturated carbocycles. The minimum absolute atomic E-state index is 0.0419. The van der Waals surface area contributed by atoms with Crippen LogP contribution in [0.25, 0.3) is 0 Å². The van der Waals surface area contributed by atoms with Crippen LogP contribution in [0.2, 0.25) is 0 Å². The Morgan fingerprint density at radius 1 is 1.32 bits per heavy atom. The molecular weight excluding hydrogens is 240 g/mol. The average molecular weight is 270 g/mol. The first kappa shape index (κ1) is 16.5. The summed E-state index contributed by atoms with van der Waals surface area (Å²) in [5.41, 5.74) is 0. The second-order valence-electron chi connectivity index (χ2n) is 5.98. The highest BCUT2D eigenvalue weighted by Crippen LogP contribution is 2.46. The van der Waals surface area contributed by atoms with Crippen molar-refractivity contribution in [1.29, 1.82) is 0 Å². The molecule has 19 heavy (non-hydrogen) atoms. The Morgan fingerprint density at radius 3 is 2.58 bits per heavy atom. The predicted octanol–water partition coefficient (Wildman–Crippen LogP) is 3.81. The summed E-state index contributed by atoms with van der Waals surface area (Å²) in [5, 5.41) is 0. The molecule has 3 nitrogen and oxygen atoms in total. The van der Waals surface area contributed by atoms with Gasteiger partial charge in [0.15, 0.2) is 0 Å². The predicted molar refractivity (Wildman–Crippen MR) is 77.0 cm³/mol. The Kier molecular flexibility index (Phi) is 7.44. The Labute approximate surface area is 118 Å². The molecule has 0 heterocycles. The zero-order valence-corrected chi connectivity index (χ0v) is 13.0. The third-order valence-corrected chi connectivity index (χ3v) is 3.99. The molecule has 3 unspecified atom stereocenters. The van der Waals surface area contributed by atoms with Gasteiger partial charge in [0.05, 0.1) is 19.1 Å². The highest BCUT2D eigenvalue weighted by atomic mass is 16.5. The van der Waals surface area contributed by atoms with Crippen LogP contribution in [0, 0.1) is 17.8 Å². The first-order chi connectivity index (χ1) is 9.08. The molecule has 112 valence electrons. The van der Waals surface area contributed by atoms with Gasteiger partial charge in [-0.3, -0.25) is 4.79 Å². The van der Waals surface area contributed by atoms with E-state index in [1.807, 2.05) is 6.92 Å². The van der Waals surface area contributed by atoms with Gasteiger partial charge in [-0.1, -0.05) is 27.2 Å². The summed E-state index contributed by atoms with van der Waals surface area (Å²) in [7, 11) is 0. The maximum absolute atomic E-state index is 11.5. The molecule has 1 aliphatic carbocycles. The fraction of sp³-hybridized carbons (Fsp3) is 0.938. The van der Waals surface area contributed by atoms with Crippen molar-refractivity contribution in [3.8, 4) is 0 Å². The lowest BCUT2D eigenvalue weighted by Crippen LogP contribution is -2.20. The zero-order chi connectivity index (χ0) is 14.3. The van der Waals surface area contributed by atoms with Crippen molar-refractivity contribution < 1.29 is 14.3 Å². The fourth-order valence-electron chi connectivity index (χ4n) is 2.78.